The average molecular weight is 408 g/mol. The van der Waals surface area contributed by atoms with E-state index in [4.69, 9.17) is 4.84 Å². The fraction of sp³-hybridized carbons (Fsp3) is 0.478. The first-order valence-corrected chi connectivity index (χ1v) is 10.5. The number of carbonyl (C=O) groups excluding carboxylic acids is 4. The number of carbonyl (C=O) groups is 4. The largest absolute Gasteiger partial charge is 0.334 e. The number of benzene rings is 1. The summed E-state index contributed by atoms with van der Waals surface area (Å²) in [5.74, 6) is 4.85. The van der Waals surface area contributed by atoms with Gasteiger partial charge in [0, 0.05) is 43.3 Å². The van der Waals surface area contributed by atoms with Crippen molar-refractivity contribution < 1.29 is 24.0 Å². The van der Waals surface area contributed by atoms with Gasteiger partial charge in [0.15, 0.2) is 0 Å². The SMILES string of the molecule is O=C(CCC(=O)N1Cc2ccccc2C#CC2CCCCC21)ON1C(=O)CCC1=O. The molecule has 0 spiro atoms. The maximum Gasteiger partial charge on any atom is 0.333 e. The molecular formula is C23H24N2O5. The molecule has 2 unspecified atom stereocenters. The molecule has 2 aliphatic heterocycles. The molecule has 30 heavy (non-hydrogen) atoms. The predicted molar refractivity (Wildman–Crippen MR) is 106 cm³/mol. The van der Waals surface area contributed by atoms with Gasteiger partial charge >= 0.3 is 5.97 Å². The highest BCUT2D eigenvalue weighted by atomic mass is 16.7. The van der Waals surface area contributed by atoms with Crippen molar-refractivity contribution in [2.24, 2.45) is 5.92 Å². The van der Waals surface area contributed by atoms with E-state index in [0.717, 1.165) is 36.8 Å². The van der Waals surface area contributed by atoms with E-state index >= 15 is 0 Å². The molecule has 1 aromatic rings. The molecule has 0 bridgehead atoms. The quantitative estimate of drug-likeness (QED) is 0.564. The summed E-state index contributed by atoms with van der Waals surface area (Å²) in [4.78, 5) is 55.2. The molecule has 3 amide bonds. The summed E-state index contributed by atoms with van der Waals surface area (Å²) in [6.45, 7) is 0.461. The van der Waals surface area contributed by atoms with Gasteiger partial charge in [0.05, 0.1) is 6.42 Å². The summed E-state index contributed by atoms with van der Waals surface area (Å²) in [5.41, 5.74) is 1.93. The Kier molecular flexibility index (Phi) is 5.84. The Morgan fingerprint density at radius 1 is 1.03 bits per heavy atom. The second-order valence-corrected chi connectivity index (χ2v) is 7.95. The van der Waals surface area contributed by atoms with Crippen LogP contribution in [0.25, 0.3) is 0 Å². The molecule has 1 aromatic carbocycles. The minimum Gasteiger partial charge on any atom is -0.334 e. The lowest BCUT2D eigenvalue weighted by molar-refractivity contribution is -0.197. The lowest BCUT2D eigenvalue weighted by Crippen LogP contribution is -2.46. The molecule has 156 valence electrons. The van der Waals surface area contributed by atoms with Crippen molar-refractivity contribution in [3.63, 3.8) is 0 Å². The molecule has 4 rings (SSSR count). The molecule has 0 N–H and O–H groups in total. The van der Waals surface area contributed by atoms with Crippen molar-refractivity contribution in [3.8, 4) is 11.8 Å². The Labute approximate surface area is 175 Å². The summed E-state index contributed by atoms with van der Waals surface area (Å²) >= 11 is 0. The van der Waals surface area contributed by atoms with E-state index in [1.807, 2.05) is 29.2 Å². The maximum atomic E-state index is 13.1. The van der Waals surface area contributed by atoms with Gasteiger partial charge in [-0.1, -0.05) is 42.9 Å². The number of imide groups is 1. The second-order valence-electron chi connectivity index (χ2n) is 7.95. The standard InChI is InChI=1S/C23H24N2O5/c26-20(13-14-23(29)30-25-21(27)11-12-22(25)28)24-15-18-7-2-1-5-16(18)9-10-17-6-3-4-8-19(17)24/h1-2,5,7,17,19H,3-4,6,8,11-15H2. The van der Waals surface area contributed by atoms with Gasteiger partial charge in [-0.15, -0.1) is 5.06 Å². The minimum atomic E-state index is -0.751. The van der Waals surface area contributed by atoms with Gasteiger partial charge in [-0.2, -0.15) is 0 Å². The highest BCUT2D eigenvalue weighted by Gasteiger charge is 2.35. The van der Waals surface area contributed by atoms with Crippen molar-refractivity contribution in [1.82, 2.24) is 9.96 Å². The zero-order valence-corrected chi connectivity index (χ0v) is 16.8. The number of hydroxylamine groups is 2. The number of hydrogen-bond acceptors (Lipinski definition) is 5. The Hall–Kier alpha value is -3.14. The average Bonchev–Trinajstić information content (AvgIpc) is 3.05. The van der Waals surface area contributed by atoms with Crippen LogP contribution in [0, 0.1) is 17.8 Å². The lowest BCUT2D eigenvalue weighted by atomic mass is 9.82. The van der Waals surface area contributed by atoms with E-state index in [1.165, 1.54) is 0 Å². The van der Waals surface area contributed by atoms with E-state index in [2.05, 4.69) is 11.8 Å². The summed E-state index contributed by atoms with van der Waals surface area (Å²) in [5, 5.41) is 0.520. The zero-order chi connectivity index (χ0) is 21.1. The Morgan fingerprint density at radius 2 is 1.77 bits per heavy atom. The molecule has 2 heterocycles. The van der Waals surface area contributed by atoms with Crippen LogP contribution in [-0.2, 0) is 30.6 Å². The van der Waals surface area contributed by atoms with Crippen molar-refractivity contribution in [2.45, 2.75) is 64.0 Å². The van der Waals surface area contributed by atoms with Crippen LogP contribution in [0.1, 0.15) is 62.5 Å². The van der Waals surface area contributed by atoms with E-state index in [-0.39, 0.29) is 43.6 Å². The van der Waals surface area contributed by atoms with E-state index in [0.29, 0.717) is 11.6 Å². The molecule has 2 fully saturated rings. The number of amides is 3. The van der Waals surface area contributed by atoms with E-state index in [1.54, 1.807) is 0 Å². The van der Waals surface area contributed by atoms with Crippen molar-refractivity contribution in [1.29, 1.82) is 0 Å². The molecule has 0 radical (unpaired) electrons. The third-order valence-electron chi connectivity index (χ3n) is 5.94. The van der Waals surface area contributed by atoms with Crippen molar-refractivity contribution >= 4 is 23.7 Å². The molecule has 0 aromatic heterocycles. The maximum absolute atomic E-state index is 13.1. The van der Waals surface area contributed by atoms with Gasteiger partial charge in [-0.3, -0.25) is 14.4 Å². The van der Waals surface area contributed by atoms with Gasteiger partial charge in [-0.05, 0) is 24.5 Å². The normalized spacial score (nSPS) is 22.9. The first kappa shape index (κ1) is 20.1. The van der Waals surface area contributed by atoms with Gasteiger partial charge in [0.2, 0.25) is 5.91 Å². The van der Waals surface area contributed by atoms with Crippen LogP contribution in [0.5, 0.6) is 0 Å². The number of rotatable bonds is 4. The van der Waals surface area contributed by atoms with E-state index in [9.17, 15) is 19.2 Å². The van der Waals surface area contributed by atoms with Crippen LogP contribution >= 0.6 is 0 Å². The fourth-order valence-electron chi connectivity index (χ4n) is 4.34. The fourth-order valence-corrected chi connectivity index (χ4v) is 4.34. The zero-order valence-electron chi connectivity index (χ0n) is 16.8. The molecular weight excluding hydrogens is 384 g/mol. The third-order valence-corrected chi connectivity index (χ3v) is 5.94. The highest BCUT2D eigenvalue weighted by Crippen LogP contribution is 2.31. The Bertz CT molecular complexity index is 928. The summed E-state index contributed by atoms with van der Waals surface area (Å²) < 4.78 is 0. The van der Waals surface area contributed by atoms with Crippen LogP contribution < -0.4 is 0 Å². The first-order chi connectivity index (χ1) is 14.5. The van der Waals surface area contributed by atoms with Crippen LogP contribution in [0.2, 0.25) is 0 Å². The Balaban J connectivity index is 1.45. The lowest BCUT2D eigenvalue weighted by Gasteiger charge is -2.39. The third kappa shape index (κ3) is 4.23. The Morgan fingerprint density at radius 3 is 2.57 bits per heavy atom. The smallest absolute Gasteiger partial charge is 0.333 e. The number of fused-ring (bicyclic) bond motifs is 2. The second kappa shape index (κ2) is 8.70. The van der Waals surface area contributed by atoms with Crippen molar-refractivity contribution in [3.05, 3.63) is 35.4 Å². The number of hydrogen-bond donors (Lipinski definition) is 0. The van der Waals surface area contributed by atoms with Crippen LogP contribution in [-0.4, -0.2) is 39.7 Å². The van der Waals surface area contributed by atoms with Gasteiger partial charge < -0.3 is 9.74 Å². The van der Waals surface area contributed by atoms with Crippen LogP contribution in [0.15, 0.2) is 24.3 Å². The minimum absolute atomic E-state index is 0.0323. The molecule has 7 heteroatoms. The number of nitrogens with zero attached hydrogens (tertiary/aromatic N) is 2. The van der Waals surface area contributed by atoms with Gasteiger partial charge in [0.25, 0.3) is 11.8 Å². The molecule has 1 aliphatic carbocycles. The molecule has 1 saturated heterocycles. The molecule has 3 aliphatic rings. The molecule has 2 atom stereocenters. The topological polar surface area (TPSA) is 84.0 Å². The van der Waals surface area contributed by atoms with Crippen LogP contribution in [0.4, 0.5) is 0 Å². The molecule has 1 saturated carbocycles. The summed E-state index contributed by atoms with van der Waals surface area (Å²) in [7, 11) is 0. The highest BCUT2D eigenvalue weighted by molar-refractivity contribution is 6.01. The summed E-state index contributed by atoms with van der Waals surface area (Å²) in [6, 6.07) is 7.85. The monoisotopic (exact) mass is 408 g/mol. The summed E-state index contributed by atoms with van der Waals surface area (Å²) in [6.07, 6.45) is 3.88. The van der Waals surface area contributed by atoms with Gasteiger partial charge in [0.1, 0.15) is 0 Å². The van der Waals surface area contributed by atoms with Gasteiger partial charge in [-0.25, -0.2) is 4.79 Å². The molecule has 7 nitrogen and oxygen atoms in total. The van der Waals surface area contributed by atoms with E-state index < -0.39 is 17.8 Å². The van der Waals surface area contributed by atoms with Crippen LogP contribution in [0.3, 0.4) is 0 Å². The first-order valence-electron chi connectivity index (χ1n) is 10.5. The predicted octanol–water partition coefficient (Wildman–Crippen LogP) is 2.33. The van der Waals surface area contributed by atoms with Crippen molar-refractivity contribution in [2.75, 3.05) is 0 Å².